The SMILES string of the molecule is Nn1c(-c2ccc(Cl)cc2)csc1=NN=C1CCCCC1. The molecule has 1 aliphatic rings. The predicted octanol–water partition coefficient (Wildman–Crippen LogP) is 3.80. The Hall–Kier alpha value is -1.59. The molecule has 0 radical (unpaired) electrons. The number of aromatic nitrogens is 1. The lowest BCUT2D eigenvalue weighted by Gasteiger charge is -2.09. The van der Waals surface area contributed by atoms with Gasteiger partial charge in [0.05, 0.1) is 5.69 Å². The number of nitrogen functional groups attached to an aromatic ring is 1. The van der Waals surface area contributed by atoms with Gasteiger partial charge in [0, 0.05) is 21.7 Å². The van der Waals surface area contributed by atoms with Gasteiger partial charge in [-0.05, 0) is 37.8 Å². The molecular weight excluding hydrogens is 304 g/mol. The number of rotatable bonds is 2. The fourth-order valence-electron chi connectivity index (χ4n) is 2.40. The lowest BCUT2D eigenvalue weighted by molar-refractivity contribution is 0.663. The van der Waals surface area contributed by atoms with Gasteiger partial charge in [0.15, 0.2) is 0 Å². The molecule has 0 atom stereocenters. The second-order valence-corrected chi connectivity index (χ2v) is 6.38. The molecule has 0 saturated heterocycles. The minimum atomic E-state index is 0.707. The first-order valence-electron chi connectivity index (χ1n) is 7.05. The monoisotopic (exact) mass is 320 g/mol. The first-order chi connectivity index (χ1) is 10.2. The van der Waals surface area contributed by atoms with Crippen molar-refractivity contribution in [2.45, 2.75) is 32.1 Å². The lowest BCUT2D eigenvalue weighted by atomic mass is 9.99. The van der Waals surface area contributed by atoms with Crippen molar-refractivity contribution in [1.82, 2.24) is 4.68 Å². The minimum absolute atomic E-state index is 0.707. The molecule has 1 heterocycles. The maximum Gasteiger partial charge on any atom is 0.229 e. The molecule has 110 valence electrons. The third kappa shape index (κ3) is 3.36. The van der Waals surface area contributed by atoms with Crippen LogP contribution in [0.15, 0.2) is 39.8 Å². The van der Waals surface area contributed by atoms with E-state index in [2.05, 4.69) is 10.2 Å². The van der Waals surface area contributed by atoms with E-state index < -0.39 is 0 Å². The Kier molecular flexibility index (Phi) is 4.41. The number of nitrogens with zero attached hydrogens (tertiary/aromatic N) is 3. The highest BCUT2D eigenvalue weighted by atomic mass is 35.5. The van der Waals surface area contributed by atoms with Gasteiger partial charge in [-0.15, -0.1) is 16.4 Å². The van der Waals surface area contributed by atoms with Gasteiger partial charge in [-0.25, -0.2) is 4.68 Å². The molecule has 0 bridgehead atoms. The van der Waals surface area contributed by atoms with Crippen LogP contribution in [0.3, 0.4) is 0 Å². The van der Waals surface area contributed by atoms with Crippen molar-refractivity contribution in [2.24, 2.45) is 10.2 Å². The van der Waals surface area contributed by atoms with E-state index in [-0.39, 0.29) is 0 Å². The Labute approximate surface area is 132 Å². The molecule has 1 aliphatic carbocycles. The second-order valence-electron chi connectivity index (χ2n) is 5.11. The summed E-state index contributed by atoms with van der Waals surface area (Å²) < 4.78 is 1.58. The van der Waals surface area contributed by atoms with E-state index in [1.54, 1.807) is 4.68 Å². The van der Waals surface area contributed by atoms with E-state index in [9.17, 15) is 0 Å². The average molecular weight is 321 g/mol. The summed E-state index contributed by atoms with van der Waals surface area (Å²) in [6.07, 6.45) is 5.86. The molecule has 2 aromatic rings. The van der Waals surface area contributed by atoms with Crippen LogP contribution in [0.5, 0.6) is 0 Å². The van der Waals surface area contributed by atoms with E-state index in [4.69, 9.17) is 17.4 Å². The van der Waals surface area contributed by atoms with Gasteiger partial charge in [-0.1, -0.05) is 30.2 Å². The average Bonchev–Trinajstić information content (AvgIpc) is 2.88. The van der Waals surface area contributed by atoms with E-state index >= 15 is 0 Å². The second kappa shape index (κ2) is 6.45. The Morgan fingerprint density at radius 1 is 1.05 bits per heavy atom. The smallest absolute Gasteiger partial charge is 0.229 e. The Morgan fingerprint density at radius 2 is 1.76 bits per heavy atom. The zero-order valence-electron chi connectivity index (χ0n) is 11.6. The first kappa shape index (κ1) is 14.4. The number of nitrogens with two attached hydrogens (primary N) is 1. The third-order valence-electron chi connectivity index (χ3n) is 3.59. The third-order valence-corrected chi connectivity index (χ3v) is 4.67. The van der Waals surface area contributed by atoms with Crippen LogP contribution >= 0.6 is 22.9 Å². The fraction of sp³-hybridized carbons (Fsp3) is 0.333. The highest BCUT2D eigenvalue weighted by Crippen LogP contribution is 2.21. The summed E-state index contributed by atoms with van der Waals surface area (Å²) >= 11 is 7.40. The molecule has 6 heteroatoms. The standard InChI is InChI=1S/C15H17ClN4S/c16-12-8-6-11(7-9-12)14-10-21-15(20(14)17)19-18-13-4-2-1-3-5-13/h6-10H,1-5,17H2. The summed E-state index contributed by atoms with van der Waals surface area (Å²) in [5, 5.41) is 11.4. The van der Waals surface area contributed by atoms with Gasteiger partial charge in [0.2, 0.25) is 4.80 Å². The zero-order chi connectivity index (χ0) is 14.7. The van der Waals surface area contributed by atoms with Crippen LogP contribution in [0.4, 0.5) is 0 Å². The molecule has 1 aromatic carbocycles. The van der Waals surface area contributed by atoms with E-state index in [0.29, 0.717) is 9.82 Å². The highest BCUT2D eigenvalue weighted by Gasteiger charge is 2.07. The van der Waals surface area contributed by atoms with Crippen LogP contribution in [-0.4, -0.2) is 10.4 Å². The minimum Gasteiger partial charge on any atom is -0.336 e. The van der Waals surface area contributed by atoms with Gasteiger partial charge in [0.25, 0.3) is 0 Å². The van der Waals surface area contributed by atoms with E-state index in [1.165, 1.54) is 36.3 Å². The van der Waals surface area contributed by atoms with Gasteiger partial charge < -0.3 is 5.84 Å². The van der Waals surface area contributed by atoms with Crippen molar-refractivity contribution < 1.29 is 0 Å². The van der Waals surface area contributed by atoms with Crippen molar-refractivity contribution in [1.29, 1.82) is 0 Å². The van der Waals surface area contributed by atoms with Crippen molar-refractivity contribution >= 4 is 28.6 Å². The topological polar surface area (TPSA) is 55.7 Å². The van der Waals surface area contributed by atoms with Gasteiger partial charge >= 0.3 is 0 Å². The summed E-state index contributed by atoms with van der Waals surface area (Å²) in [6, 6.07) is 7.61. The van der Waals surface area contributed by atoms with Crippen LogP contribution < -0.4 is 10.6 Å². The van der Waals surface area contributed by atoms with Crippen LogP contribution in [0.2, 0.25) is 5.02 Å². The molecule has 2 N–H and O–H groups in total. The largest absolute Gasteiger partial charge is 0.336 e. The van der Waals surface area contributed by atoms with Crippen molar-refractivity contribution in [2.75, 3.05) is 5.84 Å². The van der Waals surface area contributed by atoms with E-state index in [0.717, 1.165) is 24.1 Å². The van der Waals surface area contributed by atoms with E-state index in [1.807, 2.05) is 29.6 Å². The molecule has 1 aromatic heterocycles. The Morgan fingerprint density at radius 3 is 2.48 bits per heavy atom. The maximum absolute atomic E-state index is 6.12. The van der Waals surface area contributed by atoms with Crippen LogP contribution in [0, 0.1) is 0 Å². The van der Waals surface area contributed by atoms with Crippen LogP contribution in [0.1, 0.15) is 32.1 Å². The van der Waals surface area contributed by atoms with Gasteiger partial charge in [-0.2, -0.15) is 5.10 Å². The summed E-state index contributed by atoms with van der Waals surface area (Å²) in [5.41, 5.74) is 3.12. The summed E-state index contributed by atoms with van der Waals surface area (Å²) in [7, 11) is 0. The molecular formula is C15H17ClN4S. The summed E-state index contributed by atoms with van der Waals surface area (Å²) in [6.45, 7) is 0. The van der Waals surface area contributed by atoms with Gasteiger partial charge in [-0.3, -0.25) is 0 Å². The Bertz CT molecular complexity index is 704. The molecule has 0 aliphatic heterocycles. The molecule has 21 heavy (non-hydrogen) atoms. The summed E-state index contributed by atoms with van der Waals surface area (Å²) in [5.74, 6) is 6.12. The number of hydrogen-bond acceptors (Lipinski definition) is 4. The normalized spacial score (nSPS) is 16.2. The first-order valence-corrected chi connectivity index (χ1v) is 8.31. The number of halogens is 1. The molecule has 1 saturated carbocycles. The Balaban J connectivity index is 1.90. The molecule has 4 nitrogen and oxygen atoms in total. The molecule has 0 spiro atoms. The maximum atomic E-state index is 6.12. The molecule has 3 rings (SSSR count). The van der Waals surface area contributed by atoms with Crippen LogP contribution in [0.25, 0.3) is 11.3 Å². The van der Waals surface area contributed by atoms with Crippen molar-refractivity contribution in [3.8, 4) is 11.3 Å². The number of thiazole rings is 1. The molecule has 0 amide bonds. The number of benzene rings is 1. The van der Waals surface area contributed by atoms with Crippen molar-refractivity contribution in [3.63, 3.8) is 0 Å². The fourth-order valence-corrected chi connectivity index (χ4v) is 3.29. The quantitative estimate of drug-likeness (QED) is 0.664. The van der Waals surface area contributed by atoms with Crippen LogP contribution in [-0.2, 0) is 0 Å². The van der Waals surface area contributed by atoms with Gasteiger partial charge in [0.1, 0.15) is 0 Å². The zero-order valence-corrected chi connectivity index (χ0v) is 13.2. The summed E-state index contributed by atoms with van der Waals surface area (Å²) in [4.78, 5) is 0.707. The highest BCUT2D eigenvalue weighted by molar-refractivity contribution is 7.07. The van der Waals surface area contributed by atoms with Crippen molar-refractivity contribution in [3.05, 3.63) is 39.5 Å². The lowest BCUT2D eigenvalue weighted by Crippen LogP contribution is -2.23. The molecule has 0 unspecified atom stereocenters. The molecule has 1 fully saturated rings. The predicted molar refractivity (Wildman–Crippen MR) is 89.0 cm³/mol. The number of hydrogen-bond donors (Lipinski definition) is 1.